The quantitative estimate of drug-likeness (QED) is 0.0169. The van der Waals surface area contributed by atoms with Gasteiger partial charge in [-0.05, 0) is 167 Å². The fourth-order valence-corrected chi connectivity index (χ4v) is 11.8. The normalized spacial score (nSPS) is 14.7. The molecule has 604 valence electrons. The van der Waals surface area contributed by atoms with Crippen LogP contribution >= 0.6 is 15.6 Å². The molecule has 5 atom stereocenters. The van der Waals surface area contributed by atoms with Crippen LogP contribution in [0, 0.1) is 0 Å². The van der Waals surface area contributed by atoms with Crippen LogP contribution in [0.3, 0.4) is 0 Å². The van der Waals surface area contributed by atoms with Crippen LogP contribution in [0.1, 0.15) is 310 Å². The van der Waals surface area contributed by atoms with Gasteiger partial charge in [-0.15, -0.1) is 0 Å². The lowest BCUT2D eigenvalue weighted by Gasteiger charge is -2.21. The number of carbonyl (C=O) groups is 4. The third-order valence-corrected chi connectivity index (χ3v) is 18.4. The number of carbonyl (C=O) groups excluding carboxylic acids is 4. The van der Waals surface area contributed by atoms with Gasteiger partial charge in [0.15, 0.2) is 12.2 Å². The molecule has 0 rings (SSSR count). The lowest BCUT2D eigenvalue weighted by atomic mass is 10.1. The number of rotatable bonds is 75. The maximum absolute atomic E-state index is 13.1. The van der Waals surface area contributed by atoms with Gasteiger partial charge < -0.3 is 33.8 Å². The molecule has 0 aromatic carbocycles. The van der Waals surface area contributed by atoms with Crippen molar-refractivity contribution in [3.8, 4) is 0 Å². The molecule has 0 heterocycles. The number of hydrogen-bond donors (Lipinski definition) is 3. The maximum Gasteiger partial charge on any atom is 0.472 e. The Kier molecular flexibility index (Phi) is 73.9. The van der Waals surface area contributed by atoms with Crippen LogP contribution in [-0.4, -0.2) is 96.7 Å². The zero-order chi connectivity index (χ0) is 77.4. The Bertz CT molecular complexity index is 2630. The van der Waals surface area contributed by atoms with Crippen molar-refractivity contribution in [1.29, 1.82) is 0 Å². The summed E-state index contributed by atoms with van der Waals surface area (Å²) in [7, 11) is -10.0. The molecule has 0 spiro atoms. The second-order valence-corrected chi connectivity index (χ2v) is 29.5. The van der Waals surface area contributed by atoms with Crippen molar-refractivity contribution in [2.24, 2.45) is 0 Å². The van der Waals surface area contributed by atoms with E-state index in [0.717, 1.165) is 161 Å². The summed E-state index contributed by atoms with van der Waals surface area (Å²) < 4.78 is 68.5. The minimum absolute atomic E-state index is 0.0366. The first-order valence-corrected chi connectivity index (χ1v) is 43.7. The third-order valence-electron chi connectivity index (χ3n) is 16.5. The monoisotopic (exact) mass is 1520 g/mol. The van der Waals surface area contributed by atoms with Gasteiger partial charge in [0.1, 0.15) is 19.3 Å². The molecular formula is C87H144O17P2. The highest BCUT2D eigenvalue weighted by atomic mass is 31.2. The van der Waals surface area contributed by atoms with Gasteiger partial charge in [0.2, 0.25) is 0 Å². The van der Waals surface area contributed by atoms with Crippen molar-refractivity contribution >= 4 is 39.5 Å². The molecule has 0 saturated carbocycles. The highest BCUT2D eigenvalue weighted by Gasteiger charge is 2.30. The molecule has 0 amide bonds. The summed E-state index contributed by atoms with van der Waals surface area (Å²) in [5.41, 5.74) is 0. The summed E-state index contributed by atoms with van der Waals surface area (Å²) >= 11 is 0. The minimum atomic E-state index is -5.01. The maximum atomic E-state index is 13.1. The second-order valence-electron chi connectivity index (χ2n) is 26.6. The average Bonchev–Trinajstić information content (AvgIpc) is 0.899. The lowest BCUT2D eigenvalue weighted by molar-refractivity contribution is -0.161. The SMILES string of the molecule is CC/C=C\C/C=C\C/C=C\C/C=C\C/C=C\CCCCCC(=O)OC[C@H](COP(=O)(O)OC[C@@H](O)COP(=O)(O)OC[C@@H](COC(=O)CCCCCCC/C=C\C/C=C\CCCCC)OC(=O)CC/C=C\C/C=C\C/C=C\C/C=C\C/C=C\CCCCC)OC(=O)CCCCCCC/C=C\CCCCCC. The van der Waals surface area contributed by atoms with E-state index in [2.05, 4.69) is 167 Å². The molecule has 0 radical (unpaired) electrons. The van der Waals surface area contributed by atoms with E-state index < -0.39 is 97.5 Å². The van der Waals surface area contributed by atoms with E-state index in [1.54, 1.807) is 0 Å². The highest BCUT2D eigenvalue weighted by molar-refractivity contribution is 7.47. The largest absolute Gasteiger partial charge is 0.472 e. The molecular weight excluding hydrogens is 1380 g/mol. The predicted octanol–water partition coefficient (Wildman–Crippen LogP) is 24.0. The zero-order valence-electron chi connectivity index (χ0n) is 66.1. The molecule has 0 aliphatic carbocycles. The molecule has 106 heavy (non-hydrogen) atoms. The molecule has 2 unspecified atom stereocenters. The van der Waals surface area contributed by atoms with E-state index in [4.69, 9.17) is 37.0 Å². The molecule has 19 heteroatoms. The predicted molar refractivity (Wildman–Crippen MR) is 436 cm³/mol. The van der Waals surface area contributed by atoms with E-state index in [-0.39, 0.29) is 25.7 Å². The first-order valence-electron chi connectivity index (χ1n) is 40.7. The van der Waals surface area contributed by atoms with Crippen LogP contribution in [0.5, 0.6) is 0 Å². The van der Waals surface area contributed by atoms with Crippen LogP contribution in [0.2, 0.25) is 0 Å². The number of esters is 4. The van der Waals surface area contributed by atoms with Crippen molar-refractivity contribution < 1.29 is 80.2 Å². The number of phosphoric ester groups is 2. The molecule has 0 aliphatic rings. The third kappa shape index (κ3) is 76.9. The van der Waals surface area contributed by atoms with Gasteiger partial charge in [0, 0.05) is 25.7 Å². The van der Waals surface area contributed by atoms with E-state index >= 15 is 0 Å². The first-order chi connectivity index (χ1) is 51.7. The first kappa shape index (κ1) is 101. The molecule has 0 saturated heterocycles. The van der Waals surface area contributed by atoms with Crippen LogP contribution < -0.4 is 0 Å². The van der Waals surface area contributed by atoms with Crippen LogP contribution in [-0.2, 0) is 65.4 Å². The van der Waals surface area contributed by atoms with Crippen molar-refractivity contribution in [3.05, 3.63) is 158 Å². The molecule has 0 aliphatic heterocycles. The molecule has 0 aromatic heterocycles. The Balaban J connectivity index is 5.48. The topological polar surface area (TPSA) is 237 Å². The van der Waals surface area contributed by atoms with E-state index in [0.29, 0.717) is 32.1 Å². The Labute approximate surface area is 642 Å². The Hall–Kier alpha value is -5.32. The van der Waals surface area contributed by atoms with Gasteiger partial charge in [-0.2, -0.15) is 0 Å². The van der Waals surface area contributed by atoms with Gasteiger partial charge in [0.05, 0.1) is 26.4 Å². The van der Waals surface area contributed by atoms with Gasteiger partial charge in [-0.1, -0.05) is 276 Å². The van der Waals surface area contributed by atoms with E-state index in [1.807, 2.05) is 18.2 Å². The number of aliphatic hydroxyl groups is 1. The van der Waals surface area contributed by atoms with Gasteiger partial charge in [0.25, 0.3) is 0 Å². The Morgan fingerprint density at radius 1 is 0.274 bits per heavy atom. The lowest BCUT2D eigenvalue weighted by Crippen LogP contribution is -2.30. The number of phosphoric acid groups is 2. The van der Waals surface area contributed by atoms with Crippen molar-refractivity contribution in [2.75, 3.05) is 39.6 Å². The number of unbranched alkanes of at least 4 members (excludes halogenated alkanes) is 23. The summed E-state index contributed by atoms with van der Waals surface area (Å²) in [6.45, 7) is 4.54. The van der Waals surface area contributed by atoms with Gasteiger partial charge in [-0.25, -0.2) is 9.13 Å². The Morgan fingerprint density at radius 3 is 0.849 bits per heavy atom. The number of allylic oxidation sites excluding steroid dienone is 26. The molecule has 17 nitrogen and oxygen atoms in total. The van der Waals surface area contributed by atoms with E-state index in [9.17, 15) is 43.2 Å². The molecule has 3 N–H and O–H groups in total. The van der Waals surface area contributed by atoms with Crippen molar-refractivity contribution in [3.63, 3.8) is 0 Å². The van der Waals surface area contributed by atoms with Crippen LogP contribution in [0.25, 0.3) is 0 Å². The average molecular weight is 1520 g/mol. The number of ether oxygens (including phenoxy) is 4. The van der Waals surface area contributed by atoms with Gasteiger partial charge in [-0.3, -0.25) is 37.3 Å². The second kappa shape index (κ2) is 77.8. The Morgan fingerprint density at radius 2 is 0.509 bits per heavy atom. The summed E-state index contributed by atoms with van der Waals surface area (Å²) in [5, 5.41) is 10.6. The summed E-state index contributed by atoms with van der Waals surface area (Å²) in [6, 6.07) is 0. The van der Waals surface area contributed by atoms with Crippen molar-refractivity contribution in [1.82, 2.24) is 0 Å². The molecule has 0 aromatic rings. The standard InChI is InChI=1S/C87H144O17P2/c1-5-9-13-17-21-25-29-33-36-38-40-42-45-49-52-56-60-64-68-72-85(90)98-77-82(103-86(91)73-69-65-61-57-53-47-32-28-24-20-16-12-8-4)79-101-105(93,94)99-75-81(88)76-100-106(95,96)102-80-83(78-97-84(89)71-67-63-59-55-51-48-44-35-31-27-23-19-15-11-7-3)104-87(92)74-70-66-62-58-54-50-46-43-41-39-37-34-30-26-22-18-14-10-6-2/h9,13,21-23,25-28,32-37,40-44,49-50,52,54,62,66,81-83,88H,5-8,10-12,14-20,24,29-31,38-39,45-48,51,53,55-61,63-65,67-80H2,1-4H3,(H,93,94)(H,95,96)/b13-9-,25-21-,26-22-,27-23-,32-28-,36-33-,37-34-,42-40-,43-41-,44-35-,52-49-,54-50-,66-62-/t81-,82-,83-/m1/s1. The fourth-order valence-electron chi connectivity index (χ4n) is 10.3. The fraction of sp³-hybridized carbons (Fsp3) is 0.655. The van der Waals surface area contributed by atoms with E-state index in [1.165, 1.54) is 64.2 Å². The van der Waals surface area contributed by atoms with Crippen molar-refractivity contribution in [2.45, 2.75) is 329 Å². The zero-order valence-corrected chi connectivity index (χ0v) is 67.8. The highest BCUT2D eigenvalue weighted by Crippen LogP contribution is 2.45. The summed E-state index contributed by atoms with van der Waals surface area (Å²) in [6.07, 6.45) is 90.9. The minimum Gasteiger partial charge on any atom is -0.462 e. The molecule has 0 fully saturated rings. The van der Waals surface area contributed by atoms with Crippen LogP contribution in [0.15, 0.2) is 158 Å². The number of hydrogen-bond acceptors (Lipinski definition) is 15. The molecule has 0 bridgehead atoms. The summed E-state index contributed by atoms with van der Waals surface area (Å²) in [5.74, 6) is -2.34. The van der Waals surface area contributed by atoms with Crippen LogP contribution in [0.4, 0.5) is 0 Å². The van der Waals surface area contributed by atoms with Gasteiger partial charge >= 0.3 is 39.5 Å². The smallest absolute Gasteiger partial charge is 0.462 e. The number of aliphatic hydroxyl groups excluding tert-OH is 1. The summed E-state index contributed by atoms with van der Waals surface area (Å²) in [4.78, 5) is 73.0.